The molecule has 0 fully saturated rings. The molecule has 0 saturated carbocycles. The van der Waals surface area contributed by atoms with Gasteiger partial charge < -0.3 is 9.63 Å². The predicted octanol–water partition coefficient (Wildman–Crippen LogP) is 3.79. The first-order valence-electron chi connectivity index (χ1n) is 5.49. The summed E-state index contributed by atoms with van der Waals surface area (Å²) in [5.74, 6) is -1.25. The van der Waals surface area contributed by atoms with Gasteiger partial charge in [-0.25, -0.2) is 4.79 Å². The van der Waals surface area contributed by atoms with Crippen LogP contribution in [0.15, 0.2) is 32.5 Å². The fraction of sp³-hybridized carbons (Fsp3) is 0.231. The van der Waals surface area contributed by atoms with Crippen molar-refractivity contribution in [2.45, 2.75) is 16.7 Å². The average Bonchev–Trinajstić information content (AvgIpc) is 2.88. The van der Waals surface area contributed by atoms with Gasteiger partial charge in [-0.2, -0.15) is 0 Å². The maximum absolute atomic E-state index is 10.8. The molecule has 100 valence electrons. The van der Waals surface area contributed by atoms with E-state index in [4.69, 9.17) is 9.63 Å². The SMILES string of the molecule is CSc1cc(-c2cc(C(=O)O)on2)c(SC)cc1C. The number of nitrogens with zero attached hydrogens (tertiary/aromatic N) is 1. The summed E-state index contributed by atoms with van der Waals surface area (Å²) in [7, 11) is 0. The van der Waals surface area contributed by atoms with Crippen molar-refractivity contribution in [2.75, 3.05) is 12.5 Å². The second kappa shape index (κ2) is 5.71. The van der Waals surface area contributed by atoms with Crippen LogP contribution in [0.5, 0.6) is 0 Å². The average molecular weight is 295 g/mol. The molecule has 1 aromatic heterocycles. The Kier molecular flexibility index (Phi) is 4.21. The Morgan fingerprint density at radius 1 is 1.21 bits per heavy atom. The van der Waals surface area contributed by atoms with Gasteiger partial charge in [0.1, 0.15) is 5.69 Å². The number of rotatable bonds is 4. The topological polar surface area (TPSA) is 63.3 Å². The van der Waals surface area contributed by atoms with E-state index in [0.717, 1.165) is 15.4 Å². The zero-order chi connectivity index (χ0) is 14.0. The first kappa shape index (κ1) is 14.0. The fourth-order valence-electron chi connectivity index (χ4n) is 1.75. The van der Waals surface area contributed by atoms with E-state index in [0.29, 0.717) is 5.69 Å². The van der Waals surface area contributed by atoms with Gasteiger partial charge in [-0.1, -0.05) is 5.16 Å². The van der Waals surface area contributed by atoms with Crippen molar-refractivity contribution in [1.82, 2.24) is 5.16 Å². The molecule has 0 aliphatic heterocycles. The summed E-state index contributed by atoms with van der Waals surface area (Å²) >= 11 is 3.26. The van der Waals surface area contributed by atoms with Crippen LogP contribution < -0.4 is 0 Å². The summed E-state index contributed by atoms with van der Waals surface area (Å²) in [4.78, 5) is 13.0. The van der Waals surface area contributed by atoms with Crippen molar-refractivity contribution in [2.24, 2.45) is 0 Å². The number of hydrogen-bond donors (Lipinski definition) is 1. The summed E-state index contributed by atoms with van der Waals surface area (Å²) in [5, 5.41) is 12.7. The molecule has 4 nitrogen and oxygen atoms in total. The quantitative estimate of drug-likeness (QED) is 0.866. The highest BCUT2D eigenvalue weighted by Crippen LogP contribution is 2.35. The van der Waals surface area contributed by atoms with Gasteiger partial charge in [0.05, 0.1) is 0 Å². The van der Waals surface area contributed by atoms with E-state index >= 15 is 0 Å². The zero-order valence-corrected chi connectivity index (χ0v) is 12.4. The molecule has 6 heteroatoms. The second-order valence-electron chi connectivity index (χ2n) is 3.90. The van der Waals surface area contributed by atoms with E-state index in [1.165, 1.54) is 11.6 Å². The van der Waals surface area contributed by atoms with Gasteiger partial charge in [0.15, 0.2) is 0 Å². The molecule has 1 aromatic carbocycles. The fourth-order valence-corrected chi connectivity index (χ4v) is 3.05. The van der Waals surface area contributed by atoms with Crippen molar-refractivity contribution in [1.29, 1.82) is 0 Å². The molecule has 1 N–H and O–H groups in total. The van der Waals surface area contributed by atoms with Crippen LogP contribution >= 0.6 is 23.5 Å². The lowest BCUT2D eigenvalue weighted by atomic mass is 10.1. The standard InChI is InChI=1S/C13H13NO3S2/c1-7-4-12(19-3)8(5-11(7)18-2)9-6-10(13(15)16)17-14-9/h4-6H,1-3H3,(H,15,16). The summed E-state index contributed by atoms with van der Waals surface area (Å²) in [6, 6.07) is 5.56. The predicted molar refractivity (Wildman–Crippen MR) is 77.2 cm³/mol. The Hall–Kier alpha value is -1.40. The highest BCUT2D eigenvalue weighted by molar-refractivity contribution is 7.99. The number of aromatic nitrogens is 1. The van der Waals surface area contributed by atoms with E-state index in [2.05, 4.69) is 18.1 Å². The van der Waals surface area contributed by atoms with Gasteiger partial charge >= 0.3 is 5.97 Å². The Morgan fingerprint density at radius 3 is 2.42 bits per heavy atom. The first-order valence-corrected chi connectivity index (χ1v) is 7.94. The molecule has 2 aromatic rings. The third kappa shape index (κ3) is 2.79. The Labute approximate surface area is 119 Å². The molecule has 0 bridgehead atoms. The maximum atomic E-state index is 10.8. The minimum Gasteiger partial charge on any atom is -0.475 e. The van der Waals surface area contributed by atoms with E-state index in [9.17, 15) is 4.79 Å². The normalized spacial score (nSPS) is 10.7. The Morgan fingerprint density at radius 2 is 1.89 bits per heavy atom. The Balaban J connectivity index is 2.55. The largest absolute Gasteiger partial charge is 0.475 e. The van der Waals surface area contributed by atoms with Crippen LogP contribution in [-0.4, -0.2) is 28.7 Å². The van der Waals surface area contributed by atoms with Crippen LogP contribution in [0, 0.1) is 6.92 Å². The van der Waals surface area contributed by atoms with Crippen LogP contribution in [0.4, 0.5) is 0 Å². The highest BCUT2D eigenvalue weighted by Gasteiger charge is 2.16. The third-order valence-corrected chi connectivity index (χ3v) is 4.37. The molecule has 1 heterocycles. The molecule has 0 amide bonds. The van der Waals surface area contributed by atoms with E-state index < -0.39 is 5.97 Å². The molecular weight excluding hydrogens is 282 g/mol. The van der Waals surface area contributed by atoms with Gasteiger partial charge in [0.25, 0.3) is 0 Å². The van der Waals surface area contributed by atoms with Gasteiger partial charge in [-0.05, 0) is 37.1 Å². The molecular formula is C13H13NO3S2. The van der Waals surface area contributed by atoms with Gasteiger partial charge in [-0.15, -0.1) is 23.5 Å². The molecule has 0 aliphatic rings. The number of benzene rings is 1. The number of hydrogen-bond acceptors (Lipinski definition) is 5. The van der Waals surface area contributed by atoms with Crippen molar-refractivity contribution in [3.05, 3.63) is 29.5 Å². The summed E-state index contributed by atoms with van der Waals surface area (Å²) < 4.78 is 4.82. The molecule has 0 atom stereocenters. The summed E-state index contributed by atoms with van der Waals surface area (Å²) in [5.41, 5.74) is 2.65. The monoisotopic (exact) mass is 295 g/mol. The number of carboxylic acids is 1. The van der Waals surface area contributed by atoms with Gasteiger partial charge in [-0.3, -0.25) is 0 Å². The Bertz CT molecular complexity index is 622. The third-order valence-electron chi connectivity index (χ3n) is 2.71. The van der Waals surface area contributed by atoms with Gasteiger partial charge in [0, 0.05) is 21.4 Å². The van der Waals surface area contributed by atoms with Crippen molar-refractivity contribution in [3.63, 3.8) is 0 Å². The van der Waals surface area contributed by atoms with E-state index in [1.807, 2.05) is 18.6 Å². The zero-order valence-electron chi connectivity index (χ0n) is 10.8. The second-order valence-corrected chi connectivity index (χ2v) is 5.60. The van der Waals surface area contributed by atoms with Crippen LogP contribution in [0.25, 0.3) is 11.3 Å². The summed E-state index contributed by atoms with van der Waals surface area (Å²) in [6.45, 7) is 2.06. The molecule has 0 radical (unpaired) electrons. The molecule has 19 heavy (non-hydrogen) atoms. The summed E-state index contributed by atoms with van der Waals surface area (Å²) in [6.07, 6.45) is 3.99. The molecule has 0 unspecified atom stereocenters. The van der Waals surface area contributed by atoms with Crippen LogP contribution in [-0.2, 0) is 0 Å². The van der Waals surface area contributed by atoms with Crippen LogP contribution in [0.3, 0.4) is 0 Å². The van der Waals surface area contributed by atoms with Crippen LogP contribution in [0.2, 0.25) is 0 Å². The number of aryl methyl sites for hydroxylation is 1. The van der Waals surface area contributed by atoms with E-state index in [1.54, 1.807) is 23.5 Å². The molecule has 2 rings (SSSR count). The van der Waals surface area contributed by atoms with Crippen molar-refractivity contribution in [3.8, 4) is 11.3 Å². The smallest absolute Gasteiger partial charge is 0.374 e. The van der Waals surface area contributed by atoms with Gasteiger partial charge in [0.2, 0.25) is 5.76 Å². The minimum atomic E-state index is -1.11. The lowest BCUT2D eigenvalue weighted by Crippen LogP contribution is -1.91. The molecule has 0 saturated heterocycles. The number of thioether (sulfide) groups is 2. The lowest BCUT2D eigenvalue weighted by Gasteiger charge is -2.09. The first-order chi connectivity index (χ1) is 9.06. The molecule has 0 spiro atoms. The van der Waals surface area contributed by atoms with Crippen LogP contribution in [0.1, 0.15) is 16.1 Å². The molecule has 0 aliphatic carbocycles. The van der Waals surface area contributed by atoms with Crippen molar-refractivity contribution < 1.29 is 14.4 Å². The highest BCUT2D eigenvalue weighted by atomic mass is 32.2. The van der Waals surface area contributed by atoms with Crippen molar-refractivity contribution >= 4 is 29.5 Å². The minimum absolute atomic E-state index is 0.145. The number of aromatic carboxylic acids is 1. The number of carboxylic acid groups (broad SMARTS) is 1. The lowest BCUT2D eigenvalue weighted by molar-refractivity contribution is 0.0652. The van der Waals surface area contributed by atoms with E-state index in [-0.39, 0.29) is 5.76 Å². The number of carbonyl (C=O) groups is 1. The maximum Gasteiger partial charge on any atom is 0.374 e.